The van der Waals surface area contributed by atoms with Crippen molar-refractivity contribution in [1.29, 1.82) is 0 Å². The number of nitrogens with zero attached hydrogens (tertiary/aromatic N) is 3. The van der Waals surface area contributed by atoms with Crippen molar-refractivity contribution >= 4 is 22.6 Å². The maximum atomic E-state index is 13.7. The molecule has 180 valence electrons. The van der Waals surface area contributed by atoms with E-state index < -0.39 is 23.7 Å². The number of carbonyl (C=O) groups is 1. The van der Waals surface area contributed by atoms with Gasteiger partial charge in [-0.1, -0.05) is 37.3 Å². The molecule has 8 nitrogen and oxygen atoms in total. The summed E-state index contributed by atoms with van der Waals surface area (Å²) in [5, 5.41) is 3.18. The van der Waals surface area contributed by atoms with Crippen LogP contribution in [0.1, 0.15) is 29.3 Å². The largest absolute Gasteiger partial charge is 0.495 e. The van der Waals surface area contributed by atoms with Crippen LogP contribution in [0.5, 0.6) is 5.75 Å². The van der Waals surface area contributed by atoms with Gasteiger partial charge < -0.3 is 10.1 Å². The van der Waals surface area contributed by atoms with E-state index in [-0.39, 0.29) is 11.0 Å². The van der Waals surface area contributed by atoms with Gasteiger partial charge in [0, 0.05) is 11.4 Å². The number of para-hydroxylation sites is 3. The number of aromatic nitrogens is 3. The van der Waals surface area contributed by atoms with Crippen molar-refractivity contribution in [3.8, 4) is 11.4 Å². The minimum absolute atomic E-state index is 0.228. The number of pyridine rings is 1. The van der Waals surface area contributed by atoms with Crippen LogP contribution in [0, 0.1) is 20.8 Å². The topological polar surface area (TPSA) is 95.2 Å². The van der Waals surface area contributed by atoms with Crippen molar-refractivity contribution in [2.24, 2.45) is 0 Å². The number of aryl methyl sites for hydroxylation is 4. The van der Waals surface area contributed by atoms with E-state index in [0.717, 1.165) is 22.1 Å². The number of hydrogen-bond acceptors (Lipinski definition) is 5. The summed E-state index contributed by atoms with van der Waals surface area (Å²) in [6, 6.07) is 14.6. The van der Waals surface area contributed by atoms with Crippen LogP contribution in [0.2, 0.25) is 0 Å². The van der Waals surface area contributed by atoms with Gasteiger partial charge in [0.05, 0.1) is 18.2 Å². The molecule has 0 atom stereocenters. The van der Waals surface area contributed by atoms with E-state index in [9.17, 15) is 14.4 Å². The van der Waals surface area contributed by atoms with Crippen molar-refractivity contribution in [3.63, 3.8) is 0 Å². The molecule has 0 unspecified atom stereocenters. The summed E-state index contributed by atoms with van der Waals surface area (Å²) in [4.78, 5) is 44.8. The minimum atomic E-state index is -0.667. The van der Waals surface area contributed by atoms with E-state index >= 15 is 0 Å². The first-order valence-corrected chi connectivity index (χ1v) is 11.4. The van der Waals surface area contributed by atoms with Gasteiger partial charge in [-0.05, 0) is 62.1 Å². The fraction of sp³-hybridized carbons (Fsp3) is 0.259. The molecular weight excluding hydrogens is 444 g/mol. The van der Waals surface area contributed by atoms with E-state index in [0.29, 0.717) is 28.4 Å². The molecule has 4 aromatic rings. The second kappa shape index (κ2) is 9.58. The van der Waals surface area contributed by atoms with E-state index in [4.69, 9.17) is 4.74 Å². The fourth-order valence-corrected chi connectivity index (χ4v) is 4.37. The fourth-order valence-electron chi connectivity index (χ4n) is 4.37. The first-order valence-electron chi connectivity index (χ1n) is 11.4. The van der Waals surface area contributed by atoms with Gasteiger partial charge in [0.15, 0.2) is 5.65 Å². The smallest absolute Gasteiger partial charge is 0.337 e. The first-order chi connectivity index (χ1) is 16.8. The lowest BCUT2D eigenvalue weighted by Crippen LogP contribution is -2.43. The van der Waals surface area contributed by atoms with Gasteiger partial charge in [-0.25, -0.2) is 18.9 Å². The molecule has 35 heavy (non-hydrogen) atoms. The molecule has 0 bridgehead atoms. The predicted molar refractivity (Wildman–Crippen MR) is 137 cm³/mol. The normalized spacial score (nSPS) is 11.0. The molecule has 2 aromatic heterocycles. The number of nitrogens with one attached hydrogen (secondary N) is 1. The molecule has 2 aromatic carbocycles. The van der Waals surface area contributed by atoms with Crippen molar-refractivity contribution in [3.05, 3.63) is 91.8 Å². The molecule has 0 aliphatic heterocycles. The van der Waals surface area contributed by atoms with Gasteiger partial charge in [-0.3, -0.25) is 9.59 Å². The van der Waals surface area contributed by atoms with Gasteiger partial charge in [-0.2, -0.15) is 0 Å². The van der Waals surface area contributed by atoms with Crippen molar-refractivity contribution in [1.82, 2.24) is 14.1 Å². The Balaban J connectivity index is 1.92. The van der Waals surface area contributed by atoms with Crippen molar-refractivity contribution < 1.29 is 9.53 Å². The van der Waals surface area contributed by atoms with Crippen molar-refractivity contribution in [2.75, 3.05) is 12.4 Å². The van der Waals surface area contributed by atoms with Gasteiger partial charge in [-0.15, -0.1) is 0 Å². The third kappa shape index (κ3) is 4.35. The maximum Gasteiger partial charge on any atom is 0.337 e. The number of amides is 1. The molecule has 0 radical (unpaired) electrons. The molecule has 1 N–H and O–H groups in total. The number of anilines is 1. The Morgan fingerprint density at radius 3 is 2.49 bits per heavy atom. The maximum absolute atomic E-state index is 13.7. The quantitative estimate of drug-likeness (QED) is 0.462. The molecule has 0 spiro atoms. The molecular formula is C27H28N4O4. The average Bonchev–Trinajstić information content (AvgIpc) is 2.83. The van der Waals surface area contributed by atoms with Gasteiger partial charge in [0.1, 0.15) is 12.3 Å². The highest BCUT2D eigenvalue weighted by Gasteiger charge is 2.21. The Morgan fingerprint density at radius 1 is 1.03 bits per heavy atom. The van der Waals surface area contributed by atoms with Crippen LogP contribution in [-0.4, -0.2) is 27.1 Å². The molecule has 0 saturated carbocycles. The summed E-state index contributed by atoms with van der Waals surface area (Å²) < 4.78 is 7.78. The monoisotopic (exact) mass is 472 g/mol. The molecule has 2 heterocycles. The number of rotatable bonds is 6. The Bertz CT molecular complexity index is 1570. The lowest BCUT2D eigenvalue weighted by atomic mass is 10.1. The lowest BCUT2D eigenvalue weighted by Gasteiger charge is -2.17. The highest BCUT2D eigenvalue weighted by atomic mass is 16.5. The zero-order valence-corrected chi connectivity index (χ0v) is 20.5. The summed E-state index contributed by atoms with van der Waals surface area (Å²) in [5.74, 6) is -0.0177. The van der Waals surface area contributed by atoms with Gasteiger partial charge in [0.2, 0.25) is 5.91 Å². The standard InChI is InChI=1S/C27H28N4O4/c1-6-19-11-9-10-16(2)24(19)29-22(32)15-30-26(33)23-17(3)14-18(4)28-25(23)31(27(30)34)20-12-7-8-13-21(20)35-5/h7-14H,6,15H2,1-5H3,(H,29,32). The third-order valence-corrected chi connectivity index (χ3v) is 6.05. The molecule has 4 rings (SSSR count). The summed E-state index contributed by atoms with van der Waals surface area (Å²) in [6.45, 7) is 7.06. The molecule has 0 saturated heterocycles. The SMILES string of the molecule is CCc1cccc(C)c1NC(=O)Cn1c(=O)c2c(C)cc(C)nc2n(-c2ccccc2OC)c1=O. The van der Waals surface area contributed by atoms with E-state index in [1.807, 2.05) is 32.0 Å². The van der Waals surface area contributed by atoms with E-state index in [1.165, 1.54) is 11.7 Å². The van der Waals surface area contributed by atoms with Crippen LogP contribution in [0.15, 0.2) is 58.1 Å². The number of benzene rings is 2. The first kappa shape index (κ1) is 23.9. The van der Waals surface area contributed by atoms with Crippen LogP contribution >= 0.6 is 0 Å². The molecule has 0 aliphatic carbocycles. The molecule has 0 aliphatic rings. The molecule has 8 heteroatoms. The predicted octanol–water partition coefficient (Wildman–Crippen LogP) is 3.68. The molecule has 1 amide bonds. The van der Waals surface area contributed by atoms with Gasteiger partial charge in [0.25, 0.3) is 5.56 Å². The second-order valence-corrected chi connectivity index (χ2v) is 8.47. The molecule has 0 fully saturated rings. The second-order valence-electron chi connectivity index (χ2n) is 8.47. The number of ether oxygens (including phenoxy) is 1. The Kier molecular flexibility index (Phi) is 6.55. The highest BCUT2D eigenvalue weighted by Crippen LogP contribution is 2.24. The number of carbonyl (C=O) groups excluding carboxylic acids is 1. The highest BCUT2D eigenvalue weighted by molar-refractivity contribution is 5.92. The van der Waals surface area contributed by atoms with Gasteiger partial charge >= 0.3 is 5.69 Å². The zero-order chi connectivity index (χ0) is 25.3. The third-order valence-electron chi connectivity index (χ3n) is 6.05. The lowest BCUT2D eigenvalue weighted by molar-refractivity contribution is -0.116. The van der Waals surface area contributed by atoms with Crippen LogP contribution in [0.25, 0.3) is 16.7 Å². The number of methoxy groups -OCH3 is 1. The summed E-state index contributed by atoms with van der Waals surface area (Å²) >= 11 is 0. The Labute approximate surface area is 202 Å². The Morgan fingerprint density at radius 2 is 1.77 bits per heavy atom. The van der Waals surface area contributed by atoms with Crippen LogP contribution in [0.3, 0.4) is 0 Å². The summed E-state index contributed by atoms with van der Waals surface area (Å²) in [6.07, 6.45) is 0.734. The van der Waals surface area contributed by atoms with Crippen LogP contribution in [-0.2, 0) is 17.8 Å². The van der Waals surface area contributed by atoms with Crippen LogP contribution in [0.4, 0.5) is 5.69 Å². The van der Waals surface area contributed by atoms with E-state index in [2.05, 4.69) is 10.3 Å². The van der Waals surface area contributed by atoms with Crippen molar-refractivity contribution in [2.45, 2.75) is 40.7 Å². The van der Waals surface area contributed by atoms with E-state index in [1.54, 1.807) is 44.2 Å². The zero-order valence-electron chi connectivity index (χ0n) is 20.5. The van der Waals surface area contributed by atoms with Crippen LogP contribution < -0.4 is 21.3 Å². The average molecular weight is 473 g/mol. The summed E-state index contributed by atoms with van der Waals surface area (Å²) in [5.41, 5.74) is 3.36. The number of hydrogen-bond donors (Lipinski definition) is 1. The number of fused-ring (bicyclic) bond motifs is 1. The summed E-state index contributed by atoms with van der Waals surface area (Å²) in [7, 11) is 1.51. The minimum Gasteiger partial charge on any atom is -0.495 e. The Hall–Kier alpha value is -4.20.